The molecule has 0 saturated heterocycles. The van der Waals surface area contributed by atoms with Crippen molar-refractivity contribution < 1.29 is 5.11 Å². The molecule has 1 saturated carbocycles. The number of aliphatic hydroxyl groups is 1. The van der Waals surface area contributed by atoms with Crippen molar-refractivity contribution in [1.82, 2.24) is 0 Å². The molecular weight excluding hydrogens is 316 g/mol. The molecule has 0 aromatic heterocycles. The Balaban J connectivity index is 1.73. The Labute approximate surface area is 159 Å². The zero-order valence-corrected chi connectivity index (χ0v) is 17.1. The first kappa shape index (κ1) is 19.2. The molecule has 3 rings (SSSR count). The largest absolute Gasteiger partial charge is 0.385 e. The van der Waals surface area contributed by atoms with Crippen LogP contribution in [0.25, 0.3) is 0 Å². The normalized spacial score (nSPS) is 23.8. The molecule has 0 atom stereocenters. The molecule has 0 unspecified atom stereocenters. The van der Waals surface area contributed by atoms with Crippen LogP contribution in [0.5, 0.6) is 0 Å². The molecular formula is C25H34O. The molecule has 0 spiro atoms. The molecule has 140 valence electrons. The van der Waals surface area contributed by atoms with Crippen LogP contribution in [-0.2, 0) is 17.4 Å². The Morgan fingerprint density at radius 1 is 0.962 bits per heavy atom. The monoisotopic (exact) mass is 350 g/mol. The van der Waals surface area contributed by atoms with Gasteiger partial charge < -0.3 is 5.11 Å². The van der Waals surface area contributed by atoms with Crippen molar-refractivity contribution in [3.05, 3.63) is 70.3 Å². The molecule has 2 aromatic rings. The summed E-state index contributed by atoms with van der Waals surface area (Å²) in [6.07, 6.45) is 5.09. The highest BCUT2D eigenvalue weighted by Gasteiger charge is 2.35. The van der Waals surface area contributed by atoms with Crippen LogP contribution >= 0.6 is 0 Å². The van der Waals surface area contributed by atoms with Crippen LogP contribution in [0.2, 0.25) is 0 Å². The molecule has 0 heterocycles. The maximum absolute atomic E-state index is 11.4. The van der Waals surface area contributed by atoms with Crippen LogP contribution in [0.3, 0.4) is 0 Å². The maximum atomic E-state index is 11.4. The summed E-state index contributed by atoms with van der Waals surface area (Å²) in [6, 6.07) is 15.3. The van der Waals surface area contributed by atoms with Gasteiger partial charge in [0.25, 0.3) is 0 Å². The fourth-order valence-electron chi connectivity index (χ4n) is 4.52. The van der Waals surface area contributed by atoms with E-state index in [-0.39, 0.29) is 5.41 Å². The Bertz CT molecular complexity index is 758. The lowest BCUT2D eigenvalue weighted by molar-refractivity contribution is -0.0142. The lowest BCUT2D eigenvalue weighted by Crippen LogP contribution is -2.32. The predicted molar refractivity (Wildman–Crippen MR) is 111 cm³/mol. The quantitative estimate of drug-likeness (QED) is 0.696. The molecule has 2 aromatic carbocycles. The highest BCUT2D eigenvalue weighted by molar-refractivity contribution is 5.38. The second-order valence-electron chi connectivity index (χ2n) is 9.39. The SMILES string of the molecule is Cc1ccccc1CC1CCC(O)(c2ccc(C)c(C(C)(C)C)c2)CC1. The molecule has 0 bridgehead atoms. The third kappa shape index (κ3) is 4.04. The van der Waals surface area contributed by atoms with Gasteiger partial charge in [-0.1, -0.05) is 63.2 Å². The molecule has 0 amide bonds. The van der Waals surface area contributed by atoms with Gasteiger partial charge in [-0.25, -0.2) is 0 Å². The number of rotatable bonds is 3. The average Bonchev–Trinajstić information content (AvgIpc) is 2.58. The molecule has 1 N–H and O–H groups in total. The molecule has 1 aliphatic carbocycles. The minimum atomic E-state index is -0.657. The Morgan fingerprint density at radius 2 is 1.62 bits per heavy atom. The summed E-state index contributed by atoms with van der Waals surface area (Å²) < 4.78 is 0. The van der Waals surface area contributed by atoms with E-state index in [4.69, 9.17) is 0 Å². The van der Waals surface area contributed by atoms with Crippen LogP contribution in [0.1, 0.15) is 74.3 Å². The van der Waals surface area contributed by atoms with Crippen LogP contribution in [-0.4, -0.2) is 5.11 Å². The van der Waals surface area contributed by atoms with E-state index in [2.05, 4.69) is 77.1 Å². The van der Waals surface area contributed by atoms with Gasteiger partial charge in [0.05, 0.1) is 5.60 Å². The van der Waals surface area contributed by atoms with Gasteiger partial charge in [-0.05, 0) is 85.1 Å². The van der Waals surface area contributed by atoms with Crippen LogP contribution < -0.4 is 0 Å². The van der Waals surface area contributed by atoms with Crippen LogP contribution in [0.15, 0.2) is 42.5 Å². The van der Waals surface area contributed by atoms with Gasteiger partial charge in [-0.3, -0.25) is 0 Å². The number of hydrogen-bond donors (Lipinski definition) is 1. The van der Waals surface area contributed by atoms with Crippen molar-refractivity contribution >= 4 is 0 Å². The van der Waals surface area contributed by atoms with E-state index in [0.717, 1.165) is 37.7 Å². The fourth-order valence-corrected chi connectivity index (χ4v) is 4.52. The molecule has 1 aliphatic rings. The average molecular weight is 351 g/mol. The first-order chi connectivity index (χ1) is 12.2. The standard InChI is InChI=1S/C25H34O/c1-18-8-6-7-9-21(18)16-20-12-14-25(26,15-13-20)22-11-10-19(2)23(17-22)24(3,4)5/h6-11,17,20,26H,12-16H2,1-5H3. The summed E-state index contributed by atoms with van der Waals surface area (Å²) >= 11 is 0. The first-order valence-electron chi connectivity index (χ1n) is 10.1. The molecule has 1 heteroatoms. The molecule has 26 heavy (non-hydrogen) atoms. The molecule has 1 fully saturated rings. The first-order valence-corrected chi connectivity index (χ1v) is 10.1. The Morgan fingerprint density at radius 3 is 2.23 bits per heavy atom. The molecule has 1 nitrogen and oxygen atoms in total. The minimum absolute atomic E-state index is 0.110. The summed E-state index contributed by atoms with van der Waals surface area (Å²) in [5, 5.41) is 11.4. The second kappa shape index (κ2) is 7.19. The fraction of sp³-hybridized carbons (Fsp3) is 0.520. The summed E-state index contributed by atoms with van der Waals surface area (Å²) in [4.78, 5) is 0. The predicted octanol–water partition coefficient (Wildman–Crippen LogP) is 6.22. The van der Waals surface area contributed by atoms with Crippen molar-refractivity contribution in [2.75, 3.05) is 0 Å². The number of aryl methyl sites for hydroxylation is 2. The van der Waals surface area contributed by atoms with Gasteiger partial charge in [0.15, 0.2) is 0 Å². The van der Waals surface area contributed by atoms with Gasteiger partial charge in [0, 0.05) is 0 Å². The van der Waals surface area contributed by atoms with E-state index in [1.807, 2.05) is 0 Å². The highest BCUT2D eigenvalue weighted by atomic mass is 16.3. The van der Waals surface area contributed by atoms with Crippen molar-refractivity contribution in [2.24, 2.45) is 5.92 Å². The zero-order chi connectivity index (χ0) is 18.9. The summed E-state index contributed by atoms with van der Waals surface area (Å²) in [6.45, 7) is 11.1. The van der Waals surface area contributed by atoms with Gasteiger partial charge >= 0.3 is 0 Å². The summed E-state index contributed by atoms with van der Waals surface area (Å²) in [5.74, 6) is 0.684. The van der Waals surface area contributed by atoms with E-state index in [1.165, 1.54) is 22.3 Å². The van der Waals surface area contributed by atoms with E-state index < -0.39 is 5.60 Å². The van der Waals surface area contributed by atoms with Gasteiger partial charge in [-0.2, -0.15) is 0 Å². The van der Waals surface area contributed by atoms with Gasteiger partial charge in [0.1, 0.15) is 0 Å². The number of benzene rings is 2. The van der Waals surface area contributed by atoms with E-state index >= 15 is 0 Å². The van der Waals surface area contributed by atoms with E-state index in [1.54, 1.807) is 0 Å². The summed E-state index contributed by atoms with van der Waals surface area (Å²) in [5.41, 5.74) is 6.09. The van der Waals surface area contributed by atoms with Crippen LogP contribution in [0, 0.1) is 19.8 Å². The minimum Gasteiger partial charge on any atom is -0.385 e. The third-order valence-corrected chi connectivity index (χ3v) is 6.29. The Hall–Kier alpha value is -1.60. The number of hydrogen-bond acceptors (Lipinski definition) is 1. The van der Waals surface area contributed by atoms with Crippen molar-refractivity contribution in [3.63, 3.8) is 0 Å². The topological polar surface area (TPSA) is 20.2 Å². The highest BCUT2D eigenvalue weighted by Crippen LogP contribution is 2.42. The third-order valence-electron chi connectivity index (χ3n) is 6.29. The van der Waals surface area contributed by atoms with Crippen molar-refractivity contribution in [1.29, 1.82) is 0 Å². The smallest absolute Gasteiger partial charge is 0.0896 e. The molecule has 0 aliphatic heterocycles. The van der Waals surface area contributed by atoms with Crippen LogP contribution in [0.4, 0.5) is 0 Å². The molecule has 0 radical (unpaired) electrons. The lowest BCUT2D eigenvalue weighted by Gasteiger charge is -2.37. The maximum Gasteiger partial charge on any atom is 0.0896 e. The zero-order valence-electron chi connectivity index (χ0n) is 17.1. The second-order valence-corrected chi connectivity index (χ2v) is 9.39. The van der Waals surface area contributed by atoms with E-state index in [0.29, 0.717) is 5.92 Å². The van der Waals surface area contributed by atoms with E-state index in [9.17, 15) is 5.11 Å². The van der Waals surface area contributed by atoms with Gasteiger partial charge in [-0.15, -0.1) is 0 Å². The summed E-state index contributed by atoms with van der Waals surface area (Å²) in [7, 11) is 0. The lowest BCUT2D eigenvalue weighted by atomic mass is 9.72. The Kier molecular flexibility index (Phi) is 5.30. The van der Waals surface area contributed by atoms with Crippen molar-refractivity contribution in [3.8, 4) is 0 Å². The van der Waals surface area contributed by atoms with Gasteiger partial charge in [0.2, 0.25) is 0 Å². The van der Waals surface area contributed by atoms with Crippen molar-refractivity contribution in [2.45, 2.75) is 77.7 Å².